The molecule has 0 aliphatic carbocycles. The Morgan fingerprint density at radius 1 is 1.05 bits per heavy atom. The van der Waals surface area contributed by atoms with Crippen molar-refractivity contribution in [2.45, 2.75) is 19.4 Å². The van der Waals surface area contributed by atoms with Crippen LogP contribution in [-0.2, 0) is 6.42 Å². The molecule has 1 aromatic heterocycles. The fraction of sp³-hybridized carbons (Fsp3) is 0.176. The van der Waals surface area contributed by atoms with Crippen molar-refractivity contribution in [1.82, 2.24) is 0 Å². The Hall–Kier alpha value is -2.13. The number of benzene rings is 2. The van der Waals surface area contributed by atoms with Gasteiger partial charge in [0.25, 0.3) is 0 Å². The van der Waals surface area contributed by atoms with Crippen LogP contribution in [0.1, 0.15) is 29.9 Å². The lowest BCUT2D eigenvalue weighted by atomic mass is 9.95. The Bertz CT molecular complexity index is 746. The van der Waals surface area contributed by atoms with Crippen LogP contribution in [0.2, 0.25) is 0 Å². The predicted octanol–water partition coefficient (Wildman–Crippen LogP) is 4.22. The fourth-order valence-corrected chi connectivity index (χ4v) is 2.57. The summed E-state index contributed by atoms with van der Waals surface area (Å²) in [5, 5.41) is 11.8. The molecule has 20 heavy (non-hydrogen) atoms. The third-order valence-electron chi connectivity index (χ3n) is 3.59. The van der Waals surface area contributed by atoms with Crippen molar-refractivity contribution in [3.05, 3.63) is 71.4 Å². The van der Waals surface area contributed by atoms with Gasteiger partial charge in [0.2, 0.25) is 0 Å². The maximum atomic E-state index is 13.8. The summed E-state index contributed by atoms with van der Waals surface area (Å²) in [4.78, 5) is 0. The maximum Gasteiger partial charge on any atom is 0.131 e. The van der Waals surface area contributed by atoms with Gasteiger partial charge in [0.05, 0.1) is 6.26 Å². The van der Waals surface area contributed by atoms with Gasteiger partial charge in [-0.3, -0.25) is 0 Å². The standard InChI is InChI=1S/C17H15FO2/c1-2-16-14(9-10-20-16)17(19)13-7-8-15(18)12-6-4-3-5-11(12)13/h3-10,17,19H,2H2,1H3. The zero-order valence-electron chi connectivity index (χ0n) is 11.1. The first-order chi connectivity index (χ1) is 9.72. The number of aryl methyl sites for hydroxylation is 1. The highest BCUT2D eigenvalue weighted by atomic mass is 19.1. The Kier molecular flexibility index (Phi) is 3.28. The molecule has 3 heteroatoms. The van der Waals surface area contributed by atoms with Crippen LogP contribution >= 0.6 is 0 Å². The minimum atomic E-state index is -0.811. The fourth-order valence-electron chi connectivity index (χ4n) is 2.57. The summed E-state index contributed by atoms with van der Waals surface area (Å²) in [6.07, 6.45) is 1.47. The average molecular weight is 270 g/mol. The molecule has 0 amide bonds. The number of aliphatic hydroxyl groups excluding tert-OH is 1. The van der Waals surface area contributed by atoms with Crippen molar-refractivity contribution in [2.75, 3.05) is 0 Å². The molecule has 0 spiro atoms. The van der Waals surface area contributed by atoms with E-state index >= 15 is 0 Å². The Labute approximate surface area is 116 Å². The summed E-state index contributed by atoms with van der Waals surface area (Å²) in [6.45, 7) is 1.97. The smallest absolute Gasteiger partial charge is 0.131 e. The number of furan rings is 1. The zero-order valence-corrected chi connectivity index (χ0v) is 11.1. The first-order valence-electron chi connectivity index (χ1n) is 6.64. The van der Waals surface area contributed by atoms with Crippen LogP contribution in [0, 0.1) is 5.82 Å². The van der Waals surface area contributed by atoms with Crippen LogP contribution in [0.15, 0.2) is 53.1 Å². The lowest BCUT2D eigenvalue weighted by molar-refractivity contribution is 0.219. The van der Waals surface area contributed by atoms with Gasteiger partial charge in [-0.25, -0.2) is 4.39 Å². The van der Waals surface area contributed by atoms with E-state index in [9.17, 15) is 9.50 Å². The van der Waals surface area contributed by atoms with Gasteiger partial charge >= 0.3 is 0 Å². The number of halogens is 1. The minimum absolute atomic E-state index is 0.278. The highest BCUT2D eigenvalue weighted by molar-refractivity contribution is 5.87. The molecule has 0 bridgehead atoms. The van der Waals surface area contributed by atoms with E-state index in [1.54, 1.807) is 30.5 Å². The normalized spacial score (nSPS) is 12.8. The van der Waals surface area contributed by atoms with Crippen LogP contribution in [0.4, 0.5) is 4.39 Å². The molecule has 3 aromatic rings. The zero-order chi connectivity index (χ0) is 14.1. The van der Waals surface area contributed by atoms with E-state index in [-0.39, 0.29) is 5.82 Å². The molecule has 0 radical (unpaired) electrons. The summed E-state index contributed by atoms with van der Waals surface area (Å²) in [7, 11) is 0. The van der Waals surface area contributed by atoms with Crippen LogP contribution in [0.5, 0.6) is 0 Å². The lowest BCUT2D eigenvalue weighted by Gasteiger charge is -2.14. The molecule has 2 aromatic carbocycles. The first kappa shape index (κ1) is 12.9. The van der Waals surface area contributed by atoms with Crippen molar-refractivity contribution in [2.24, 2.45) is 0 Å². The molecule has 0 saturated heterocycles. The van der Waals surface area contributed by atoms with E-state index in [2.05, 4.69) is 0 Å². The SMILES string of the molecule is CCc1occc1C(O)c1ccc(F)c2ccccc12. The molecule has 102 valence electrons. The van der Waals surface area contributed by atoms with Crippen molar-refractivity contribution in [3.8, 4) is 0 Å². The Balaban J connectivity index is 2.17. The van der Waals surface area contributed by atoms with E-state index in [1.165, 1.54) is 6.07 Å². The van der Waals surface area contributed by atoms with Gasteiger partial charge in [-0.15, -0.1) is 0 Å². The van der Waals surface area contributed by atoms with Crippen LogP contribution in [-0.4, -0.2) is 5.11 Å². The summed E-state index contributed by atoms with van der Waals surface area (Å²) in [5.74, 6) is 0.477. The van der Waals surface area contributed by atoms with E-state index < -0.39 is 6.10 Å². The van der Waals surface area contributed by atoms with E-state index in [1.807, 2.05) is 19.1 Å². The topological polar surface area (TPSA) is 33.4 Å². The van der Waals surface area contributed by atoms with Crippen molar-refractivity contribution < 1.29 is 13.9 Å². The molecule has 1 heterocycles. The summed E-state index contributed by atoms with van der Waals surface area (Å²) in [5.41, 5.74) is 1.43. The number of fused-ring (bicyclic) bond motifs is 1. The first-order valence-corrected chi connectivity index (χ1v) is 6.64. The third kappa shape index (κ3) is 2.00. The summed E-state index contributed by atoms with van der Waals surface area (Å²) >= 11 is 0. The third-order valence-corrected chi connectivity index (χ3v) is 3.59. The van der Waals surface area contributed by atoms with Gasteiger partial charge < -0.3 is 9.52 Å². The van der Waals surface area contributed by atoms with Crippen LogP contribution < -0.4 is 0 Å². The van der Waals surface area contributed by atoms with Gasteiger partial charge in [0, 0.05) is 17.4 Å². The Morgan fingerprint density at radius 2 is 1.80 bits per heavy atom. The van der Waals surface area contributed by atoms with Gasteiger partial charge in [-0.05, 0) is 23.1 Å². The molecule has 0 aliphatic rings. The molecule has 0 fully saturated rings. The lowest BCUT2D eigenvalue weighted by Crippen LogP contribution is -2.02. The molecule has 0 saturated carbocycles. The molecule has 1 N–H and O–H groups in total. The second-order valence-electron chi connectivity index (χ2n) is 4.74. The van der Waals surface area contributed by atoms with Gasteiger partial charge in [0.1, 0.15) is 17.7 Å². The molecule has 3 rings (SSSR count). The van der Waals surface area contributed by atoms with Gasteiger partial charge in [0.15, 0.2) is 0 Å². The molecule has 1 atom stereocenters. The molecule has 2 nitrogen and oxygen atoms in total. The van der Waals surface area contributed by atoms with E-state index in [4.69, 9.17) is 4.42 Å². The van der Waals surface area contributed by atoms with E-state index in [0.717, 1.165) is 16.7 Å². The summed E-state index contributed by atoms with van der Waals surface area (Å²) in [6, 6.07) is 12.0. The number of hydrogen-bond acceptors (Lipinski definition) is 2. The quantitative estimate of drug-likeness (QED) is 0.773. The van der Waals surface area contributed by atoms with Crippen LogP contribution in [0.3, 0.4) is 0 Å². The number of rotatable bonds is 3. The highest BCUT2D eigenvalue weighted by Gasteiger charge is 2.19. The van der Waals surface area contributed by atoms with Crippen molar-refractivity contribution in [1.29, 1.82) is 0 Å². The van der Waals surface area contributed by atoms with Gasteiger partial charge in [-0.1, -0.05) is 37.3 Å². The molecule has 0 aliphatic heterocycles. The van der Waals surface area contributed by atoms with Gasteiger partial charge in [-0.2, -0.15) is 0 Å². The number of hydrogen-bond donors (Lipinski definition) is 1. The van der Waals surface area contributed by atoms with Crippen LogP contribution in [0.25, 0.3) is 10.8 Å². The monoisotopic (exact) mass is 270 g/mol. The number of aliphatic hydroxyl groups is 1. The van der Waals surface area contributed by atoms with E-state index in [0.29, 0.717) is 17.4 Å². The van der Waals surface area contributed by atoms with Crippen molar-refractivity contribution in [3.63, 3.8) is 0 Å². The van der Waals surface area contributed by atoms with Crippen molar-refractivity contribution >= 4 is 10.8 Å². The summed E-state index contributed by atoms with van der Waals surface area (Å²) < 4.78 is 19.2. The second-order valence-corrected chi connectivity index (χ2v) is 4.74. The minimum Gasteiger partial charge on any atom is -0.469 e. The molecular formula is C17H15FO2. The Morgan fingerprint density at radius 3 is 2.55 bits per heavy atom. The maximum absolute atomic E-state index is 13.8. The molecular weight excluding hydrogens is 255 g/mol. The highest BCUT2D eigenvalue weighted by Crippen LogP contribution is 2.32. The largest absolute Gasteiger partial charge is 0.469 e. The predicted molar refractivity (Wildman–Crippen MR) is 76.1 cm³/mol. The second kappa shape index (κ2) is 5.10. The molecule has 1 unspecified atom stereocenters. The average Bonchev–Trinajstić information content (AvgIpc) is 2.96.